The lowest BCUT2D eigenvalue weighted by Crippen LogP contribution is -2.37. The zero-order valence-electron chi connectivity index (χ0n) is 15.0. The second-order valence-electron chi connectivity index (χ2n) is 5.85. The molecule has 5 heteroatoms. The molecule has 0 atom stereocenters. The number of aromatic nitrogens is 1. The summed E-state index contributed by atoms with van der Waals surface area (Å²) in [7, 11) is 1.78. The van der Waals surface area contributed by atoms with E-state index in [2.05, 4.69) is 26.7 Å². The Hall–Kier alpha value is -3.08. The van der Waals surface area contributed by atoms with Gasteiger partial charge < -0.3 is 15.4 Å². The van der Waals surface area contributed by atoms with Gasteiger partial charge in [-0.3, -0.25) is 9.98 Å². The zero-order chi connectivity index (χ0) is 18.0. The number of guanidine groups is 1. The zero-order valence-corrected chi connectivity index (χ0v) is 15.0. The number of para-hydroxylation sites is 2. The topological polar surface area (TPSA) is 58.5 Å². The van der Waals surface area contributed by atoms with Crippen LogP contribution in [0.1, 0.15) is 12.0 Å². The summed E-state index contributed by atoms with van der Waals surface area (Å²) in [5.41, 5.74) is 2.21. The number of ether oxygens (including phenoxy) is 1. The first-order valence-electron chi connectivity index (χ1n) is 8.82. The number of benzene rings is 2. The standard InChI is InChI=1S/C21H24N4O/c1-22-21(24-13-7-15-26-18-8-3-2-4-9-18)25-16-17-12-14-23-20-11-6-5-10-19(17)20/h2-6,8-12,14H,7,13,15-16H2,1H3,(H2,22,24,25). The van der Waals surface area contributed by atoms with Crippen molar-refractivity contribution >= 4 is 16.9 Å². The summed E-state index contributed by atoms with van der Waals surface area (Å²) in [6, 6.07) is 20.1. The fraction of sp³-hybridized carbons (Fsp3) is 0.238. The summed E-state index contributed by atoms with van der Waals surface area (Å²) in [5, 5.41) is 7.84. The lowest BCUT2D eigenvalue weighted by molar-refractivity contribution is 0.311. The van der Waals surface area contributed by atoms with Crippen LogP contribution in [0.5, 0.6) is 5.75 Å². The number of rotatable bonds is 7. The summed E-state index contributed by atoms with van der Waals surface area (Å²) >= 11 is 0. The summed E-state index contributed by atoms with van der Waals surface area (Å²) in [4.78, 5) is 8.67. The van der Waals surface area contributed by atoms with E-state index in [0.717, 1.165) is 35.6 Å². The predicted octanol–water partition coefficient (Wildman–Crippen LogP) is 3.37. The number of hydrogen-bond donors (Lipinski definition) is 2. The Labute approximate surface area is 154 Å². The molecule has 0 bridgehead atoms. The van der Waals surface area contributed by atoms with E-state index in [0.29, 0.717) is 13.2 Å². The Morgan fingerprint density at radius 3 is 2.65 bits per heavy atom. The van der Waals surface area contributed by atoms with Gasteiger partial charge in [-0.25, -0.2) is 0 Å². The van der Waals surface area contributed by atoms with Crippen LogP contribution in [0.2, 0.25) is 0 Å². The first kappa shape index (κ1) is 17.7. The molecule has 0 aliphatic rings. The Morgan fingerprint density at radius 2 is 1.81 bits per heavy atom. The molecule has 3 aromatic rings. The molecule has 0 saturated heterocycles. The molecule has 26 heavy (non-hydrogen) atoms. The highest BCUT2D eigenvalue weighted by molar-refractivity contribution is 5.83. The minimum atomic E-state index is 0.670. The third kappa shape index (κ3) is 4.96. The fourth-order valence-electron chi connectivity index (χ4n) is 2.69. The molecular formula is C21H24N4O. The van der Waals surface area contributed by atoms with Crippen molar-refractivity contribution < 1.29 is 4.74 Å². The first-order valence-corrected chi connectivity index (χ1v) is 8.82. The molecule has 134 valence electrons. The largest absolute Gasteiger partial charge is 0.494 e. The number of aliphatic imine (C=N–C) groups is 1. The Kier molecular flexibility index (Phi) is 6.42. The molecule has 3 rings (SSSR count). The van der Waals surface area contributed by atoms with Crippen molar-refractivity contribution in [2.45, 2.75) is 13.0 Å². The van der Waals surface area contributed by atoms with E-state index < -0.39 is 0 Å². The molecule has 0 saturated carbocycles. The molecule has 0 fully saturated rings. The van der Waals surface area contributed by atoms with Crippen molar-refractivity contribution in [2.75, 3.05) is 20.2 Å². The van der Waals surface area contributed by atoms with Gasteiger partial charge in [-0.1, -0.05) is 36.4 Å². The minimum absolute atomic E-state index is 0.670. The third-order valence-corrected chi connectivity index (χ3v) is 4.03. The highest BCUT2D eigenvalue weighted by Gasteiger charge is 2.03. The molecule has 0 unspecified atom stereocenters. The Bertz CT molecular complexity index is 844. The minimum Gasteiger partial charge on any atom is -0.494 e. The van der Waals surface area contributed by atoms with Crippen LogP contribution in [0.25, 0.3) is 10.9 Å². The van der Waals surface area contributed by atoms with E-state index in [4.69, 9.17) is 4.74 Å². The van der Waals surface area contributed by atoms with Crippen LogP contribution in [0.15, 0.2) is 71.9 Å². The summed E-state index contributed by atoms with van der Waals surface area (Å²) < 4.78 is 5.69. The predicted molar refractivity (Wildman–Crippen MR) is 106 cm³/mol. The van der Waals surface area contributed by atoms with Gasteiger partial charge in [-0.15, -0.1) is 0 Å². The monoisotopic (exact) mass is 348 g/mol. The van der Waals surface area contributed by atoms with Gasteiger partial charge in [0.25, 0.3) is 0 Å². The van der Waals surface area contributed by atoms with E-state index in [1.165, 1.54) is 5.56 Å². The molecule has 0 aliphatic heterocycles. The molecule has 0 radical (unpaired) electrons. The normalized spacial score (nSPS) is 11.3. The highest BCUT2D eigenvalue weighted by atomic mass is 16.5. The lowest BCUT2D eigenvalue weighted by Gasteiger charge is -2.13. The van der Waals surface area contributed by atoms with Crippen LogP contribution in [0, 0.1) is 0 Å². The molecule has 0 spiro atoms. The van der Waals surface area contributed by atoms with E-state index in [9.17, 15) is 0 Å². The van der Waals surface area contributed by atoms with E-state index >= 15 is 0 Å². The number of nitrogens with zero attached hydrogens (tertiary/aromatic N) is 2. The molecule has 1 aromatic heterocycles. The molecule has 2 N–H and O–H groups in total. The lowest BCUT2D eigenvalue weighted by atomic mass is 10.1. The van der Waals surface area contributed by atoms with Crippen LogP contribution in [-0.4, -0.2) is 31.1 Å². The van der Waals surface area contributed by atoms with Gasteiger partial charge in [0, 0.05) is 31.7 Å². The van der Waals surface area contributed by atoms with Crippen LogP contribution >= 0.6 is 0 Å². The second-order valence-corrected chi connectivity index (χ2v) is 5.85. The van der Waals surface area contributed by atoms with Crippen LogP contribution in [0.3, 0.4) is 0 Å². The number of nitrogens with one attached hydrogen (secondary N) is 2. The smallest absolute Gasteiger partial charge is 0.191 e. The fourth-order valence-corrected chi connectivity index (χ4v) is 2.69. The highest BCUT2D eigenvalue weighted by Crippen LogP contribution is 2.15. The van der Waals surface area contributed by atoms with Gasteiger partial charge in [-0.05, 0) is 36.2 Å². The van der Waals surface area contributed by atoms with Crippen molar-refractivity contribution in [3.05, 3.63) is 72.4 Å². The van der Waals surface area contributed by atoms with Gasteiger partial charge in [0.1, 0.15) is 5.75 Å². The van der Waals surface area contributed by atoms with Crippen molar-refractivity contribution in [3.63, 3.8) is 0 Å². The van der Waals surface area contributed by atoms with Crippen LogP contribution in [-0.2, 0) is 6.54 Å². The molecule has 0 amide bonds. The number of fused-ring (bicyclic) bond motifs is 1. The van der Waals surface area contributed by atoms with Crippen molar-refractivity contribution in [1.29, 1.82) is 0 Å². The quantitative estimate of drug-likeness (QED) is 0.390. The summed E-state index contributed by atoms with van der Waals surface area (Å²) in [5.74, 6) is 1.69. The molecular weight excluding hydrogens is 324 g/mol. The van der Waals surface area contributed by atoms with Crippen molar-refractivity contribution in [3.8, 4) is 5.75 Å². The average molecular weight is 348 g/mol. The second kappa shape index (κ2) is 9.42. The maximum absolute atomic E-state index is 5.69. The van der Waals surface area contributed by atoms with Crippen molar-refractivity contribution in [2.24, 2.45) is 4.99 Å². The summed E-state index contributed by atoms with van der Waals surface area (Å²) in [6.45, 7) is 2.16. The maximum Gasteiger partial charge on any atom is 0.191 e. The van der Waals surface area contributed by atoms with Crippen molar-refractivity contribution in [1.82, 2.24) is 15.6 Å². The molecule has 1 heterocycles. The SMILES string of the molecule is CN=C(NCCCOc1ccccc1)NCc1ccnc2ccccc12. The average Bonchev–Trinajstić information content (AvgIpc) is 2.71. The van der Waals surface area contributed by atoms with Gasteiger partial charge in [-0.2, -0.15) is 0 Å². The van der Waals surface area contributed by atoms with E-state index in [1.807, 2.05) is 60.8 Å². The van der Waals surface area contributed by atoms with Gasteiger partial charge >= 0.3 is 0 Å². The first-order chi connectivity index (χ1) is 12.9. The molecule has 0 aliphatic carbocycles. The maximum atomic E-state index is 5.69. The van der Waals surface area contributed by atoms with Gasteiger partial charge in [0.2, 0.25) is 0 Å². The number of hydrogen-bond acceptors (Lipinski definition) is 3. The van der Waals surface area contributed by atoms with Gasteiger partial charge in [0.15, 0.2) is 5.96 Å². The van der Waals surface area contributed by atoms with E-state index in [1.54, 1.807) is 7.05 Å². The number of pyridine rings is 1. The molecule has 2 aromatic carbocycles. The Morgan fingerprint density at radius 1 is 1.00 bits per heavy atom. The Balaban J connectivity index is 1.43. The molecule has 5 nitrogen and oxygen atoms in total. The van der Waals surface area contributed by atoms with E-state index in [-0.39, 0.29) is 0 Å². The summed E-state index contributed by atoms with van der Waals surface area (Å²) in [6.07, 6.45) is 2.74. The van der Waals surface area contributed by atoms with Crippen LogP contribution < -0.4 is 15.4 Å². The van der Waals surface area contributed by atoms with Crippen LogP contribution in [0.4, 0.5) is 0 Å². The third-order valence-electron chi connectivity index (χ3n) is 4.03. The van der Waals surface area contributed by atoms with Gasteiger partial charge in [0.05, 0.1) is 12.1 Å².